The molecule has 3 aromatic heterocycles. The standard InChI is InChI=1S/C23H14ClFN6O3/c24-12-5-6-16(15(25)7-12)31-20-13(19-14(21(31)32)9-27-29-19)8-26-22(28-20)30-10-23(30)11-33-17-3-1-2-4-18(17)34-23/h1-9H,10-11H2,(H,27,29). The van der Waals surface area contributed by atoms with E-state index in [1.165, 1.54) is 22.9 Å². The Morgan fingerprint density at radius 1 is 1.12 bits per heavy atom. The van der Waals surface area contributed by atoms with Crippen LogP contribution in [0.3, 0.4) is 0 Å². The number of aromatic amines is 1. The molecule has 5 aromatic rings. The van der Waals surface area contributed by atoms with Crippen LogP contribution in [0.1, 0.15) is 0 Å². The molecule has 0 aliphatic carbocycles. The molecule has 2 aliphatic heterocycles. The van der Waals surface area contributed by atoms with E-state index in [0.717, 1.165) is 6.07 Å². The number of anilines is 1. The molecule has 1 saturated heterocycles. The molecule has 7 rings (SSSR count). The molecule has 2 aliphatic rings. The van der Waals surface area contributed by atoms with Crippen molar-refractivity contribution in [1.29, 1.82) is 0 Å². The lowest BCUT2D eigenvalue weighted by Crippen LogP contribution is -2.37. The Balaban J connectivity index is 1.40. The van der Waals surface area contributed by atoms with Crippen molar-refractivity contribution in [2.75, 3.05) is 18.1 Å². The topological polar surface area (TPSA) is 97.9 Å². The molecule has 11 heteroatoms. The second-order valence-corrected chi connectivity index (χ2v) is 8.61. The normalized spacial score (nSPS) is 18.7. The summed E-state index contributed by atoms with van der Waals surface area (Å²) in [6.07, 6.45) is 2.99. The summed E-state index contributed by atoms with van der Waals surface area (Å²) in [4.78, 5) is 24.4. The van der Waals surface area contributed by atoms with Gasteiger partial charge in [-0.2, -0.15) is 10.1 Å². The van der Waals surface area contributed by atoms with Gasteiger partial charge in [-0.05, 0) is 30.3 Å². The number of aromatic nitrogens is 5. The van der Waals surface area contributed by atoms with E-state index in [1.807, 2.05) is 29.2 Å². The number of hydrogen-bond donors (Lipinski definition) is 1. The molecule has 1 atom stereocenters. The quantitative estimate of drug-likeness (QED) is 0.390. The average molecular weight is 477 g/mol. The Kier molecular flexibility index (Phi) is 3.79. The molecule has 34 heavy (non-hydrogen) atoms. The van der Waals surface area contributed by atoms with Gasteiger partial charge in [-0.1, -0.05) is 23.7 Å². The van der Waals surface area contributed by atoms with E-state index in [0.29, 0.717) is 46.9 Å². The van der Waals surface area contributed by atoms with Crippen LogP contribution in [-0.4, -0.2) is 43.6 Å². The molecule has 168 valence electrons. The van der Waals surface area contributed by atoms with Crippen molar-refractivity contribution in [2.45, 2.75) is 5.72 Å². The first kappa shape index (κ1) is 19.3. The lowest BCUT2D eigenvalue weighted by molar-refractivity contribution is 0.0758. The lowest BCUT2D eigenvalue weighted by Gasteiger charge is -2.26. The summed E-state index contributed by atoms with van der Waals surface area (Å²) in [6.45, 7) is 0.794. The second kappa shape index (κ2) is 6.67. The van der Waals surface area contributed by atoms with Crippen molar-refractivity contribution < 1.29 is 13.9 Å². The first-order valence-corrected chi connectivity index (χ1v) is 10.8. The number of para-hydroxylation sites is 2. The van der Waals surface area contributed by atoms with E-state index >= 15 is 0 Å². The molecule has 0 saturated carbocycles. The number of H-pyrrole nitrogens is 1. The fraction of sp³-hybridized carbons (Fsp3) is 0.130. The maximum absolute atomic E-state index is 14.9. The summed E-state index contributed by atoms with van der Waals surface area (Å²) in [7, 11) is 0. The van der Waals surface area contributed by atoms with E-state index in [-0.39, 0.29) is 16.4 Å². The molecule has 1 N–H and O–H groups in total. The molecule has 5 heterocycles. The van der Waals surface area contributed by atoms with Crippen LogP contribution in [0, 0.1) is 5.82 Å². The van der Waals surface area contributed by atoms with Crippen LogP contribution in [0.25, 0.3) is 27.6 Å². The first-order chi connectivity index (χ1) is 16.5. The van der Waals surface area contributed by atoms with Crippen molar-refractivity contribution in [3.8, 4) is 17.2 Å². The smallest absolute Gasteiger partial charge is 0.267 e. The average Bonchev–Trinajstić information content (AvgIpc) is 3.29. The van der Waals surface area contributed by atoms with E-state index < -0.39 is 17.1 Å². The van der Waals surface area contributed by atoms with Gasteiger partial charge < -0.3 is 9.47 Å². The molecule has 0 bridgehead atoms. The fourth-order valence-electron chi connectivity index (χ4n) is 4.35. The van der Waals surface area contributed by atoms with Gasteiger partial charge in [0.15, 0.2) is 17.1 Å². The van der Waals surface area contributed by atoms with E-state index in [9.17, 15) is 9.18 Å². The molecular formula is C23H14ClFN6O3. The number of halogens is 2. The predicted octanol–water partition coefficient (Wildman–Crippen LogP) is 3.44. The Morgan fingerprint density at radius 3 is 2.82 bits per heavy atom. The number of benzene rings is 2. The largest absolute Gasteiger partial charge is 0.483 e. The molecule has 0 amide bonds. The van der Waals surface area contributed by atoms with Crippen molar-refractivity contribution in [3.05, 3.63) is 76.1 Å². The zero-order chi connectivity index (χ0) is 23.0. The Morgan fingerprint density at radius 2 is 1.97 bits per heavy atom. The lowest BCUT2D eigenvalue weighted by atomic mass is 10.2. The van der Waals surface area contributed by atoms with Crippen molar-refractivity contribution in [1.82, 2.24) is 24.7 Å². The van der Waals surface area contributed by atoms with E-state index in [4.69, 9.17) is 21.1 Å². The van der Waals surface area contributed by atoms with E-state index in [2.05, 4.69) is 20.2 Å². The monoisotopic (exact) mass is 476 g/mol. The highest BCUT2D eigenvalue weighted by atomic mass is 35.5. The molecule has 1 spiro atoms. The maximum atomic E-state index is 14.9. The molecule has 2 aromatic carbocycles. The van der Waals surface area contributed by atoms with Gasteiger partial charge in [-0.3, -0.25) is 19.4 Å². The van der Waals surface area contributed by atoms with Crippen LogP contribution >= 0.6 is 11.6 Å². The first-order valence-electron chi connectivity index (χ1n) is 10.4. The minimum absolute atomic E-state index is 0.0267. The summed E-state index contributed by atoms with van der Waals surface area (Å²) >= 11 is 5.93. The van der Waals surface area contributed by atoms with Gasteiger partial charge in [0.25, 0.3) is 5.56 Å². The maximum Gasteiger partial charge on any atom is 0.267 e. The number of fused-ring (bicyclic) bond motifs is 4. The zero-order valence-corrected chi connectivity index (χ0v) is 18.1. The van der Waals surface area contributed by atoms with Crippen LogP contribution in [0.5, 0.6) is 11.5 Å². The number of ether oxygens (including phenoxy) is 2. The van der Waals surface area contributed by atoms with E-state index in [1.54, 1.807) is 6.20 Å². The Bertz CT molecular complexity index is 1700. The fourth-order valence-corrected chi connectivity index (χ4v) is 4.51. The van der Waals surface area contributed by atoms with Crippen LogP contribution in [-0.2, 0) is 0 Å². The number of hydrogen-bond acceptors (Lipinski definition) is 7. The van der Waals surface area contributed by atoms with Gasteiger partial charge in [0.2, 0.25) is 11.7 Å². The zero-order valence-electron chi connectivity index (χ0n) is 17.3. The van der Waals surface area contributed by atoms with Gasteiger partial charge in [0.1, 0.15) is 12.4 Å². The Labute approximate surface area is 195 Å². The third-order valence-corrected chi connectivity index (χ3v) is 6.33. The van der Waals surface area contributed by atoms with Gasteiger partial charge in [-0.25, -0.2) is 9.37 Å². The minimum atomic E-state index is -0.739. The summed E-state index contributed by atoms with van der Waals surface area (Å²) in [5.41, 5.74) is -0.472. The molecule has 1 unspecified atom stereocenters. The highest BCUT2D eigenvalue weighted by Crippen LogP contribution is 2.45. The highest BCUT2D eigenvalue weighted by Gasteiger charge is 2.59. The Hall–Kier alpha value is -4.18. The molecule has 9 nitrogen and oxygen atoms in total. The minimum Gasteiger partial charge on any atom is -0.483 e. The van der Waals surface area contributed by atoms with Gasteiger partial charge in [-0.15, -0.1) is 0 Å². The van der Waals surface area contributed by atoms with Crippen LogP contribution in [0.4, 0.5) is 10.3 Å². The van der Waals surface area contributed by atoms with Crippen molar-refractivity contribution in [2.24, 2.45) is 0 Å². The SMILES string of the molecule is O=c1c2cn[nH]c2c2cnc(N3CC34COc3ccccc3O4)nc2n1-c1ccc(Cl)cc1F. The molecule has 0 radical (unpaired) electrons. The third-order valence-electron chi connectivity index (χ3n) is 6.10. The van der Waals surface area contributed by atoms with Crippen molar-refractivity contribution >= 4 is 39.5 Å². The predicted molar refractivity (Wildman–Crippen MR) is 122 cm³/mol. The number of rotatable bonds is 2. The summed E-state index contributed by atoms with van der Waals surface area (Å²) in [5.74, 6) is 0.990. The number of nitrogens with zero attached hydrogens (tertiary/aromatic N) is 5. The second-order valence-electron chi connectivity index (χ2n) is 8.17. The molecular weight excluding hydrogens is 463 g/mol. The summed E-state index contributed by atoms with van der Waals surface area (Å²) in [6, 6.07) is 11.5. The van der Waals surface area contributed by atoms with Crippen LogP contribution in [0.15, 0.2) is 59.7 Å². The van der Waals surface area contributed by atoms with Gasteiger partial charge in [0, 0.05) is 11.2 Å². The third kappa shape index (κ3) is 2.65. The van der Waals surface area contributed by atoms with Gasteiger partial charge in [0.05, 0.1) is 34.7 Å². The van der Waals surface area contributed by atoms with Crippen LogP contribution < -0.4 is 19.9 Å². The van der Waals surface area contributed by atoms with Crippen molar-refractivity contribution in [3.63, 3.8) is 0 Å². The van der Waals surface area contributed by atoms with Crippen LogP contribution in [0.2, 0.25) is 5.02 Å². The number of nitrogens with one attached hydrogen (secondary N) is 1. The molecule has 1 fully saturated rings. The van der Waals surface area contributed by atoms with Gasteiger partial charge >= 0.3 is 0 Å². The summed E-state index contributed by atoms with van der Waals surface area (Å²) < 4.78 is 28.2. The number of pyridine rings is 1. The highest BCUT2D eigenvalue weighted by molar-refractivity contribution is 6.30. The summed E-state index contributed by atoms with van der Waals surface area (Å²) in [5, 5.41) is 7.84.